The number of aryl methyl sites for hydroxylation is 1. The summed E-state index contributed by atoms with van der Waals surface area (Å²) in [6.45, 7) is 9.63. The molecule has 0 aliphatic heterocycles. The van der Waals surface area contributed by atoms with E-state index in [4.69, 9.17) is 12.2 Å². The standard InChI is InChI=1S/C24H29N3O2S/c1-5-9-27-14(4)13(3)17-11-16(7-8-19(17)27)22-23(25-26-24(22)30)18-10-15(6-2)20(28)12-21(18)29/h10-12,28-29H,5-9H2,1-4H3,(H2,25,26,30). The van der Waals surface area contributed by atoms with Gasteiger partial charge in [-0.05, 0) is 73.9 Å². The molecule has 30 heavy (non-hydrogen) atoms. The van der Waals surface area contributed by atoms with Crippen LogP contribution in [0.4, 0.5) is 0 Å². The molecule has 0 amide bonds. The molecule has 5 nitrogen and oxygen atoms in total. The van der Waals surface area contributed by atoms with E-state index in [-0.39, 0.29) is 11.5 Å². The lowest BCUT2D eigenvalue weighted by Crippen LogP contribution is -2.08. The summed E-state index contributed by atoms with van der Waals surface area (Å²) in [4.78, 5) is 0. The molecular formula is C24H29N3O2S. The number of nitrogens with zero attached hydrogens (tertiary/aromatic N) is 1. The van der Waals surface area contributed by atoms with Crippen LogP contribution < -0.4 is 0 Å². The van der Waals surface area contributed by atoms with Crippen LogP contribution in [-0.2, 0) is 19.4 Å². The number of aromatic amines is 2. The third-order valence-corrected chi connectivity index (χ3v) is 6.64. The van der Waals surface area contributed by atoms with E-state index in [9.17, 15) is 10.2 Å². The van der Waals surface area contributed by atoms with Crippen LogP contribution in [0.1, 0.15) is 60.3 Å². The quantitative estimate of drug-likeness (QED) is 0.379. The van der Waals surface area contributed by atoms with Crippen molar-refractivity contribution in [3.8, 4) is 22.8 Å². The Balaban J connectivity index is 1.87. The Labute approximate surface area is 182 Å². The number of aromatic nitrogens is 3. The third kappa shape index (κ3) is 3.19. The Morgan fingerprint density at radius 3 is 2.53 bits per heavy atom. The number of rotatable bonds is 5. The van der Waals surface area contributed by atoms with E-state index in [1.807, 2.05) is 13.0 Å². The summed E-state index contributed by atoms with van der Waals surface area (Å²) in [6, 6.07) is 3.25. The Hall–Kier alpha value is -2.73. The monoisotopic (exact) mass is 423 g/mol. The molecule has 0 radical (unpaired) electrons. The zero-order valence-corrected chi connectivity index (χ0v) is 18.8. The molecule has 158 valence electrons. The van der Waals surface area contributed by atoms with Gasteiger partial charge in [0.25, 0.3) is 0 Å². The van der Waals surface area contributed by atoms with Crippen LogP contribution in [-0.4, -0.2) is 25.0 Å². The smallest absolute Gasteiger partial charge is 0.128 e. The largest absolute Gasteiger partial charge is 0.508 e. The highest BCUT2D eigenvalue weighted by molar-refractivity contribution is 7.71. The predicted molar refractivity (Wildman–Crippen MR) is 125 cm³/mol. The van der Waals surface area contributed by atoms with Gasteiger partial charge in [-0.15, -0.1) is 0 Å². The molecule has 6 heteroatoms. The highest BCUT2D eigenvalue weighted by Crippen LogP contribution is 2.41. The fourth-order valence-corrected chi connectivity index (χ4v) is 4.90. The van der Waals surface area contributed by atoms with Crippen LogP contribution in [0, 0.1) is 18.5 Å². The zero-order valence-electron chi connectivity index (χ0n) is 18.0. The third-order valence-electron chi connectivity index (χ3n) is 6.33. The molecule has 0 bridgehead atoms. The lowest BCUT2D eigenvalue weighted by atomic mass is 9.89. The van der Waals surface area contributed by atoms with Crippen LogP contribution in [0.3, 0.4) is 0 Å². The summed E-state index contributed by atoms with van der Waals surface area (Å²) in [5, 5.41) is 26.8. The van der Waals surface area contributed by atoms with E-state index in [1.165, 1.54) is 34.2 Å². The molecule has 4 rings (SSSR count). The van der Waals surface area contributed by atoms with Crippen molar-refractivity contribution >= 4 is 23.9 Å². The van der Waals surface area contributed by atoms with Gasteiger partial charge in [0, 0.05) is 35.1 Å². The first-order valence-corrected chi connectivity index (χ1v) is 11.0. The summed E-state index contributed by atoms with van der Waals surface area (Å²) in [7, 11) is 0. The minimum atomic E-state index is 0.0365. The Morgan fingerprint density at radius 2 is 1.83 bits per heavy atom. The average molecular weight is 424 g/mol. The topological polar surface area (TPSA) is 77.0 Å². The minimum absolute atomic E-state index is 0.0365. The van der Waals surface area contributed by atoms with Crippen LogP contribution in [0.15, 0.2) is 12.1 Å². The zero-order chi connectivity index (χ0) is 21.6. The van der Waals surface area contributed by atoms with E-state index in [1.54, 1.807) is 0 Å². The molecule has 2 heterocycles. The lowest BCUT2D eigenvalue weighted by molar-refractivity contribution is 0.447. The Morgan fingerprint density at radius 1 is 1.07 bits per heavy atom. The second-order valence-corrected chi connectivity index (χ2v) is 8.48. The summed E-state index contributed by atoms with van der Waals surface area (Å²) < 4.78 is 3.09. The van der Waals surface area contributed by atoms with Gasteiger partial charge < -0.3 is 14.8 Å². The molecule has 0 fully saturated rings. The molecule has 4 N–H and O–H groups in total. The fraction of sp³-hybridized carbons (Fsp3) is 0.375. The van der Waals surface area contributed by atoms with Crippen molar-refractivity contribution in [2.75, 3.05) is 0 Å². The van der Waals surface area contributed by atoms with Gasteiger partial charge in [0.1, 0.15) is 16.1 Å². The van der Waals surface area contributed by atoms with Gasteiger partial charge in [0.15, 0.2) is 0 Å². The first kappa shape index (κ1) is 20.5. The van der Waals surface area contributed by atoms with Gasteiger partial charge in [0.2, 0.25) is 0 Å². The van der Waals surface area contributed by atoms with Gasteiger partial charge in [-0.1, -0.05) is 26.1 Å². The molecule has 1 aromatic carbocycles. The number of H-pyrrole nitrogens is 2. The number of phenols is 2. The van der Waals surface area contributed by atoms with Crippen LogP contribution in [0.25, 0.3) is 22.9 Å². The molecular weight excluding hydrogens is 394 g/mol. The number of hydrogen-bond donors (Lipinski definition) is 4. The van der Waals surface area contributed by atoms with Crippen LogP contribution in [0.2, 0.25) is 0 Å². The maximum atomic E-state index is 10.5. The van der Waals surface area contributed by atoms with Gasteiger partial charge in [-0.25, -0.2) is 0 Å². The van der Waals surface area contributed by atoms with Crippen LogP contribution in [0.5, 0.6) is 11.5 Å². The molecule has 0 unspecified atom stereocenters. The van der Waals surface area contributed by atoms with E-state index in [0.717, 1.165) is 42.6 Å². The summed E-state index contributed by atoms with van der Waals surface area (Å²) in [5.74, 6) is 0.147. The average Bonchev–Trinajstić information content (AvgIpc) is 3.21. The number of allylic oxidation sites excluding steroid dienone is 1. The van der Waals surface area contributed by atoms with Crippen molar-refractivity contribution in [2.24, 2.45) is 0 Å². The minimum Gasteiger partial charge on any atom is -0.508 e. The highest BCUT2D eigenvalue weighted by atomic mass is 32.1. The molecule has 0 saturated heterocycles. The number of aromatic hydroxyl groups is 2. The van der Waals surface area contributed by atoms with Gasteiger partial charge in [0.05, 0.1) is 5.69 Å². The van der Waals surface area contributed by atoms with Crippen molar-refractivity contribution in [3.63, 3.8) is 0 Å². The van der Waals surface area contributed by atoms with Gasteiger partial charge in [-0.3, -0.25) is 10.2 Å². The fourth-order valence-electron chi connectivity index (χ4n) is 4.62. The molecule has 0 spiro atoms. The molecule has 2 aromatic heterocycles. The lowest BCUT2D eigenvalue weighted by Gasteiger charge is -2.18. The van der Waals surface area contributed by atoms with Crippen molar-refractivity contribution in [2.45, 2.75) is 59.9 Å². The van der Waals surface area contributed by atoms with Crippen molar-refractivity contribution in [1.82, 2.24) is 14.8 Å². The molecule has 1 aliphatic carbocycles. The SMILES string of the molecule is CCCn1c(C)c(C)c2c1CCC(c1c(-c3cc(CC)c(O)cc3O)[nH][nH]c1=S)=C2. The maximum absolute atomic E-state index is 10.5. The van der Waals surface area contributed by atoms with Crippen molar-refractivity contribution in [3.05, 3.63) is 50.4 Å². The number of hydrogen-bond acceptors (Lipinski definition) is 3. The van der Waals surface area contributed by atoms with E-state index >= 15 is 0 Å². The van der Waals surface area contributed by atoms with Gasteiger partial charge >= 0.3 is 0 Å². The first-order valence-electron chi connectivity index (χ1n) is 10.6. The first-order chi connectivity index (χ1) is 14.4. The number of benzene rings is 1. The number of phenolic OH excluding ortho intramolecular Hbond substituents is 2. The van der Waals surface area contributed by atoms with E-state index in [0.29, 0.717) is 16.6 Å². The summed E-state index contributed by atoms with van der Waals surface area (Å²) >= 11 is 5.62. The van der Waals surface area contributed by atoms with Crippen molar-refractivity contribution in [1.29, 1.82) is 0 Å². The maximum Gasteiger partial charge on any atom is 0.128 e. The Kier molecular flexibility index (Phi) is 5.36. The number of nitrogens with one attached hydrogen (secondary N) is 2. The number of fused-ring (bicyclic) bond motifs is 1. The molecule has 0 atom stereocenters. The molecule has 0 saturated carbocycles. The van der Waals surface area contributed by atoms with E-state index < -0.39 is 0 Å². The molecule has 3 aromatic rings. The normalized spacial score (nSPS) is 13.4. The van der Waals surface area contributed by atoms with E-state index in [2.05, 4.69) is 41.6 Å². The Bertz CT molecular complexity index is 1210. The summed E-state index contributed by atoms with van der Waals surface area (Å²) in [6.07, 6.45) is 5.92. The summed E-state index contributed by atoms with van der Waals surface area (Å²) in [5.41, 5.74) is 9.67. The predicted octanol–water partition coefficient (Wildman–Crippen LogP) is 6.03. The molecule has 1 aliphatic rings. The van der Waals surface area contributed by atoms with Gasteiger partial charge in [-0.2, -0.15) is 0 Å². The van der Waals surface area contributed by atoms with Crippen LogP contribution >= 0.6 is 12.2 Å². The second-order valence-electron chi connectivity index (χ2n) is 8.07. The van der Waals surface area contributed by atoms with Crippen molar-refractivity contribution < 1.29 is 10.2 Å². The highest BCUT2D eigenvalue weighted by Gasteiger charge is 2.24. The second kappa shape index (κ2) is 7.84.